The number of hydrogen-bond acceptors (Lipinski definition) is 3. The second kappa shape index (κ2) is 5.36. The number of rotatable bonds is 5. The summed E-state index contributed by atoms with van der Waals surface area (Å²) in [7, 11) is 0. The first-order valence-corrected chi connectivity index (χ1v) is 6.79. The lowest BCUT2D eigenvalue weighted by molar-refractivity contribution is -0.126. The first kappa shape index (κ1) is 12.8. The van der Waals surface area contributed by atoms with Crippen molar-refractivity contribution in [1.82, 2.24) is 5.32 Å². The molecule has 0 radical (unpaired) electrons. The lowest BCUT2D eigenvalue weighted by atomic mass is 9.83. The topological polar surface area (TPSA) is 64.3 Å². The van der Waals surface area contributed by atoms with Gasteiger partial charge in [0.05, 0.1) is 11.6 Å². The molecule has 0 spiro atoms. The van der Waals surface area contributed by atoms with Crippen LogP contribution in [0.3, 0.4) is 0 Å². The van der Waals surface area contributed by atoms with E-state index < -0.39 is 5.54 Å². The predicted molar refractivity (Wildman–Crippen MR) is 66.5 cm³/mol. The summed E-state index contributed by atoms with van der Waals surface area (Å²) in [6.07, 6.45) is 7.13. The van der Waals surface area contributed by atoms with Crippen molar-refractivity contribution in [3.63, 3.8) is 0 Å². The normalized spacial score (nSPS) is 29.4. The molecule has 2 rings (SSSR count). The van der Waals surface area contributed by atoms with Gasteiger partial charge in [-0.1, -0.05) is 12.8 Å². The summed E-state index contributed by atoms with van der Waals surface area (Å²) in [6.45, 7) is 3.55. The summed E-state index contributed by atoms with van der Waals surface area (Å²) in [5, 5.41) is 3.38. The molecule has 0 aromatic rings. The summed E-state index contributed by atoms with van der Waals surface area (Å²) in [4.78, 5) is 11.7. The molecule has 2 aliphatic rings. The van der Waals surface area contributed by atoms with Crippen molar-refractivity contribution >= 4 is 5.91 Å². The van der Waals surface area contributed by atoms with E-state index in [9.17, 15) is 4.79 Å². The van der Waals surface area contributed by atoms with Gasteiger partial charge in [-0.25, -0.2) is 0 Å². The smallest absolute Gasteiger partial charge is 0.237 e. The number of hydrogen-bond donors (Lipinski definition) is 2. The van der Waals surface area contributed by atoms with E-state index in [-0.39, 0.29) is 12.0 Å². The van der Waals surface area contributed by atoms with Gasteiger partial charge >= 0.3 is 0 Å². The molecule has 98 valence electrons. The third-order valence-corrected chi connectivity index (χ3v) is 4.40. The quantitative estimate of drug-likeness (QED) is 0.758. The lowest BCUT2D eigenvalue weighted by Gasteiger charge is -2.34. The molecule has 0 aromatic heterocycles. The highest BCUT2D eigenvalue weighted by Gasteiger charge is 2.41. The zero-order valence-corrected chi connectivity index (χ0v) is 10.7. The Kier molecular flexibility index (Phi) is 4.05. The molecule has 1 aliphatic carbocycles. The number of nitrogens with one attached hydrogen (secondary N) is 1. The van der Waals surface area contributed by atoms with Crippen molar-refractivity contribution in [2.45, 2.75) is 57.1 Å². The Labute approximate surface area is 103 Å². The van der Waals surface area contributed by atoms with Crippen molar-refractivity contribution < 1.29 is 9.53 Å². The Morgan fingerprint density at radius 2 is 2.06 bits per heavy atom. The van der Waals surface area contributed by atoms with Gasteiger partial charge in [-0.15, -0.1) is 0 Å². The average Bonchev–Trinajstić information content (AvgIpc) is 2.98. The third kappa shape index (κ3) is 2.80. The minimum Gasteiger partial charge on any atom is -0.377 e. The minimum absolute atomic E-state index is 0.220. The summed E-state index contributed by atoms with van der Waals surface area (Å²) in [6, 6.07) is 0. The fourth-order valence-corrected chi connectivity index (χ4v) is 3.07. The number of primary amides is 1. The van der Waals surface area contributed by atoms with Crippen molar-refractivity contribution in [3.8, 4) is 0 Å². The molecule has 4 heteroatoms. The second-order valence-electron chi connectivity index (χ2n) is 5.56. The third-order valence-electron chi connectivity index (χ3n) is 4.40. The van der Waals surface area contributed by atoms with Crippen LogP contribution in [0, 0.1) is 5.92 Å². The van der Waals surface area contributed by atoms with Crippen molar-refractivity contribution in [1.29, 1.82) is 0 Å². The number of nitrogens with two attached hydrogens (primary N) is 1. The van der Waals surface area contributed by atoms with Crippen LogP contribution in [-0.2, 0) is 9.53 Å². The van der Waals surface area contributed by atoms with Crippen LogP contribution in [0.4, 0.5) is 0 Å². The number of carbonyl (C=O) groups excluding carboxylic acids is 1. The Balaban J connectivity index is 1.92. The predicted octanol–water partition coefficient (Wildman–Crippen LogP) is 1.19. The second-order valence-corrected chi connectivity index (χ2v) is 5.56. The molecule has 4 nitrogen and oxygen atoms in total. The Morgan fingerprint density at radius 3 is 2.59 bits per heavy atom. The van der Waals surface area contributed by atoms with Crippen LogP contribution in [0.5, 0.6) is 0 Å². The Morgan fingerprint density at radius 1 is 1.35 bits per heavy atom. The molecule has 1 amide bonds. The van der Waals surface area contributed by atoms with Gasteiger partial charge in [0.2, 0.25) is 5.91 Å². The Bertz CT molecular complexity index is 271. The van der Waals surface area contributed by atoms with Gasteiger partial charge in [0, 0.05) is 13.2 Å². The summed E-state index contributed by atoms with van der Waals surface area (Å²) in [5.41, 5.74) is 5.04. The zero-order valence-electron chi connectivity index (χ0n) is 10.7. The lowest BCUT2D eigenvalue weighted by Crippen LogP contribution is -2.59. The van der Waals surface area contributed by atoms with Crippen LogP contribution in [0.15, 0.2) is 0 Å². The van der Waals surface area contributed by atoms with E-state index in [1.165, 1.54) is 12.8 Å². The van der Waals surface area contributed by atoms with Crippen molar-refractivity contribution in [2.24, 2.45) is 11.7 Å². The Hall–Kier alpha value is -0.610. The first-order chi connectivity index (χ1) is 8.13. The van der Waals surface area contributed by atoms with Gasteiger partial charge in [-0.05, 0) is 38.5 Å². The van der Waals surface area contributed by atoms with Gasteiger partial charge < -0.3 is 15.8 Å². The van der Waals surface area contributed by atoms with E-state index in [1.807, 2.05) is 6.92 Å². The molecule has 17 heavy (non-hydrogen) atoms. The molecule has 1 aliphatic heterocycles. The van der Waals surface area contributed by atoms with Crippen LogP contribution in [0.25, 0.3) is 0 Å². The molecule has 2 atom stereocenters. The van der Waals surface area contributed by atoms with Gasteiger partial charge in [-0.2, -0.15) is 0 Å². The summed E-state index contributed by atoms with van der Waals surface area (Å²) < 4.78 is 5.58. The van der Waals surface area contributed by atoms with Crippen LogP contribution < -0.4 is 11.1 Å². The molecular formula is C13H24N2O2. The van der Waals surface area contributed by atoms with Crippen LogP contribution in [-0.4, -0.2) is 30.7 Å². The number of amides is 1. The van der Waals surface area contributed by atoms with Crippen molar-refractivity contribution in [2.75, 3.05) is 13.2 Å². The zero-order chi connectivity index (χ0) is 12.3. The van der Waals surface area contributed by atoms with E-state index in [2.05, 4.69) is 5.32 Å². The maximum absolute atomic E-state index is 11.7. The molecule has 0 bridgehead atoms. The number of carbonyl (C=O) groups is 1. The van der Waals surface area contributed by atoms with Crippen molar-refractivity contribution in [3.05, 3.63) is 0 Å². The maximum atomic E-state index is 11.7. The first-order valence-electron chi connectivity index (χ1n) is 6.79. The molecule has 2 unspecified atom stereocenters. The molecule has 0 aromatic carbocycles. The molecule has 2 fully saturated rings. The fourth-order valence-electron chi connectivity index (χ4n) is 3.07. The van der Waals surface area contributed by atoms with E-state index in [0.717, 1.165) is 38.8 Å². The van der Waals surface area contributed by atoms with Crippen LogP contribution >= 0.6 is 0 Å². The summed E-state index contributed by atoms with van der Waals surface area (Å²) in [5.74, 6) is 0.170. The van der Waals surface area contributed by atoms with E-state index >= 15 is 0 Å². The maximum Gasteiger partial charge on any atom is 0.237 e. The largest absolute Gasteiger partial charge is 0.377 e. The standard InChI is InChI=1S/C13H24N2O2/c1-13(12(14)16,10-5-2-3-6-10)15-9-11-7-4-8-17-11/h10-11,15H,2-9H2,1H3,(H2,14,16). The minimum atomic E-state index is -0.553. The van der Waals surface area contributed by atoms with Crippen LogP contribution in [0.2, 0.25) is 0 Å². The van der Waals surface area contributed by atoms with Gasteiger partial charge in [-0.3, -0.25) is 4.79 Å². The van der Waals surface area contributed by atoms with E-state index in [4.69, 9.17) is 10.5 Å². The van der Waals surface area contributed by atoms with Gasteiger partial charge in [0.25, 0.3) is 0 Å². The SMILES string of the molecule is CC(NCC1CCCO1)(C(N)=O)C1CCCC1. The fraction of sp³-hybridized carbons (Fsp3) is 0.923. The number of ether oxygens (including phenoxy) is 1. The van der Waals surface area contributed by atoms with E-state index in [0.29, 0.717) is 5.92 Å². The molecule has 1 saturated heterocycles. The molecule has 1 saturated carbocycles. The molecule has 1 heterocycles. The highest BCUT2D eigenvalue weighted by Crippen LogP contribution is 2.34. The van der Waals surface area contributed by atoms with E-state index in [1.54, 1.807) is 0 Å². The molecule has 3 N–H and O–H groups in total. The van der Waals surface area contributed by atoms with Crippen LogP contribution in [0.1, 0.15) is 45.4 Å². The summed E-state index contributed by atoms with van der Waals surface area (Å²) >= 11 is 0. The average molecular weight is 240 g/mol. The monoisotopic (exact) mass is 240 g/mol. The highest BCUT2D eigenvalue weighted by molar-refractivity contribution is 5.84. The van der Waals surface area contributed by atoms with Gasteiger partial charge in [0.1, 0.15) is 0 Å². The highest BCUT2D eigenvalue weighted by atomic mass is 16.5. The molecular weight excluding hydrogens is 216 g/mol. The van der Waals surface area contributed by atoms with Gasteiger partial charge in [0.15, 0.2) is 0 Å².